The Morgan fingerprint density at radius 1 is 1.26 bits per heavy atom. The van der Waals surface area contributed by atoms with E-state index in [1.54, 1.807) is 19.0 Å². The van der Waals surface area contributed by atoms with E-state index in [-0.39, 0.29) is 36.4 Å². The topological polar surface area (TPSA) is 60.0 Å². The van der Waals surface area contributed by atoms with Gasteiger partial charge in [-0.2, -0.15) is 0 Å². The van der Waals surface area contributed by atoms with Crippen molar-refractivity contribution in [3.63, 3.8) is 0 Å². The van der Waals surface area contributed by atoms with Crippen molar-refractivity contribution in [2.75, 3.05) is 27.2 Å². The molecule has 2 atom stereocenters. The van der Waals surface area contributed by atoms with Crippen LogP contribution in [0.5, 0.6) is 0 Å². The first-order valence-electron chi connectivity index (χ1n) is 9.57. The lowest BCUT2D eigenvalue weighted by Gasteiger charge is -2.20. The first-order chi connectivity index (χ1) is 12.5. The molecule has 1 aromatic rings. The van der Waals surface area contributed by atoms with Gasteiger partial charge in [0.05, 0.1) is 13.1 Å². The van der Waals surface area contributed by atoms with Crippen LogP contribution >= 0.6 is 24.0 Å². The highest BCUT2D eigenvalue weighted by atomic mass is 127. The Morgan fingerprint density at radius 3 is 2.59 bits per heavy atom. The highest BCUT2D eigenvalue weighted by Gasteiger charge is 2.38. The number of carbonyl (C=O) groups is 1. The number of likely N-dealkylation sites (tertiary alicyclic amines) is 1. The van der Waals surface area contributed by atoms with Crippen molar-refractivity contribution in [1.82, 2.24) is 20.4 Å². The molecule has 2 N–H and O–H groups in total. The number of benzene rings is 1. The van der Waals surface area contributed by atoms with Crippen molar-refractivity contribution in [1.29, 1.82) is 0 Å². The molecule has 1 aliphatic carbocycles. The van der Waals surface area contributed by atoms with Gasteiger partial charge in [0.2, 0.25) is 5.91 Å². The fourth-order valence-corrected chi connectivity index (χ4v) is 3.49. The number of hydrogen-bond acceptors (Lipinski definition) is 3. The molecule has 1 saturated heterocycles. The van der Waals surface area contributed by atoms with Gasteiger partial charge in [0.15, 0.2) is 5.96 Å². The van der Waals surface area contributed by atoms with Crippen LogP contribution < -0.4 is 10.6 Å². The van der Waals surface area contributed by atoms with Crippen molar-refractivity contribution in [2.45, 2.75) is 50.9 Å². The summed E-state index contributed by atoms with van der Waals surface area (Å²) < 4.78 is 0. The molecule has 1 amide bonds. The molecule has 1 heterocycles. The maximum Gasteiger partial charge on any atom is 0.241 e. The second-order valence-corrected chi connectivity index (χ2v) is 7.65. The average Bonchev–Trinajstić information content (AvgIpc) is 3.41. The predicted octanol–water partition coefficient (Wildman–Crippen LogP) is 2.05. The second-order valence-electron chi connectivity index (χ2n) is 7.65. The molecule has 2 fully saturated rings. The lowest BCUT2D eigenvalue weighted by molar-refractivity contribution is -0.127. The minimum absolute atomic E-state index is 0. The number of amides is 1. The van der Waals surface area contributed by atoms with Gasteiger partial charge in [0.25, 0.3) is 0 Å². The van der Waals surface area contributed by atoms with E-state index < -0.39 is 0 Å². The highest BCUT2D eigenvalue weighted by molar-refractivity contribution is 14.0. The predicted molar refractivity (Wildman–Crippen MR) is 120 cm³/mol. The fourth-order valence-electron chi connectivity index (χ4n) is 3.49. The molecule has 27 heavy (non-hydrogen) atoms. The maximum atomic E-state index is 11.9. The van der Waals surface area contributed by atoms with Crippen molar-refractivity contribution >= 4 is 35.8 Å². The molecular formula is C20H32IN5O. The molecule has 7 heteroatoms. The summed E-state index contributed by atoms with van der Waals surface area (Å²) in [7, 11) is 3.54. The van der Waals surface area contributed by atoms with Crippen molar-refractivity contribution < 1.29 is 4.79 Å². The third-order valence-corrected chi connectivity index (χ3v) is 5.15. The Hall–Kier alpha value is -1.35. The average molecular weight is 485 g/mol. The van der Waals surface area contributed by atoms with Gasteiger partial charge >= 0.3 is 0 Å². The van der Waals surface area contributed by atoms with Crippen LogP contribution in [0, 0.1) is 0 Å². The summed E-state index contributed by atoms with van der Waals surface area (Å²) in [6.07, 6.45) is 3.79. The van der Waals surface area contributed by atoms with Crippen LogP contribution in [-0.4, -0.2) is 67.0 Å². The zero-order valence-corrected chi connectivity index (χ0v) is 18.8. The molecule has 3 rings (SSSR count). The summed E-state index contributed by atoms with van der Waals surface area (Å²) in [5, 5.41) is 6.75. The van der Waals surface area contributed by atoms with Gasteiger partial charge < -0.3 is 15.5 Å². The Bertz CT molecular complexity index is 633. The molecule has 1 aliphatic heterocycles. The smallest absolute Gasteiger partial charge is 0.241 e. The number of hydrogen-bond donors (Lipinski definition) is 2. The van der Waals surface area contributed by atoms with E-state index in [0.717, 1.165) is 30.5 Å². The van der Waals surface area contributed by atoms with E-state index in [2.05, 4.69) is 34.6 Å². The molecule has 1 saturated carbocycles. The number of nitrogens with one attached hydrogen (secondary N) is 2. The summed E-state index contributed by atoms with van der Waals surface area (Å²) in [4.78, 5) is 20.8. The Morgan fingerprint density at radius 2 is 1.96 bits per heavy atom. The summed E-state index contributed by atoms with van der Waals surface area (Å²) in [6.45, 7) is 4.21. The van der Waals surface area contributed by atoms with Gasteiger partial charge in [-0.15, -0.1) is 24.0 Å². The standard InChI is InChI=1S/C20H31N5O.HI/c1-15-11-17(14-25(15)18-9-10-18)23-20(22-13-19(26)24(2)3)21-12-16-7-5-4-6-8-16;/h4-8,15,17-18H,9-14H2,1-3H3,(H2,21,22,23);1H. The van der Waals surface area contributed by atoms with Crippen LogP contribution in [0.3, 0.4) is 0 Å². The van der Waals surface area contributed by atoms with Gasteiger partial charge in [-0.1, -0.05) is 30.3 Å². The van der Waals surface area contributed by atoms with E-state index in [4.69, 9.17) is 4.99 Å². The number of likely N-dealkylation sites (N-methyl/N-ethyl adjacent to an activating group) is 1. The van der Waals surface area contributed by atoms with E-state index >= 15 is 0 Å². The molecular weight excluding hydrogens is 453 g/mol. The van der Waals surface area contributed by atoms with Gasteiger partial charge in [-0.05, 0) is 31.7 Å². The van der Waals surface area contributed by atoms with Crippen molar-refractivity contribution in [3.05, 3.63) is 35.9 Å². The number of guanidine groups is 1. The molecule has 0 radical (unpaired) electrons. The quantitative estimate of drug-likeness (QED) is 0.368. The molecule has 2 unspecified atom stereocenters. The largest absolute Gasteiger partial charge is 0.352 e. The number of carbonyl (C=O) groups excluding carboxylic acids is 1. The van der Waals surface area contributed by atoms with E-state index in [9.17, 15) is 4.79 Å². The van der Waals surface area contributed by atoms with E-state index in [0.29, 0.717) is 18.6 Å². The van der Waals surface area contributed by atoms with Gasteiger partial charge in [-0.25, -0.2) is 4.99 Å². The molecule has 0 aromatic heterocycles. The second kappa shape index (κ2) is 10.3. The molecule has 150 valence electrons. The van der Waals surface area contributed by atoms with Crippen LogP contribution in [0.15, 0.2) is 35.3 Å². The zero-order chi connectivity index (χ0) is 18.5. The Kier molecular flexibility index (Phi) is 8.34. The van der Waals surface area contributed by atoms with Crippen molar-refractivity contribution in [3.8, 4) is 0 Å². The Labute approximate surface area is 179 Å². The number of halogens is 1. The number of aliphatic imine (C=N–C) groups is 1. The Balaban J connectivity index is 0.00000261. The lowest BCUT2D eigenvalue weighted by atomic mass is 10.2. The lowest BCUT2D eigenvalue weighted by Crippen LogP contribution is -2.47. The van der Waals surface area contributed by atoms with Gasteiger partial charge in [-0.3, -0.25) is 9.69 Å². The molecule has 1 aromatic carbocycles. The third kappa shape index (κ3) is 6.64. The normalized spacial score (nSPS) is 22.9. The van der Waals surface area contributed by atoms with E-state index in [1.807, 2.05) is 18.2 Å². The van der Waals surface area contributed by atoms with Crippen LogP contribution in [0.2, 0.25) is 0 Å². The van der Waals surface area contributed by atoms with Gasteiger partial charge in [0, 0.05) is 38.8 Å². The van der Waals surface area contributed by atoms with Crippen LogP contribution in [0.4, 0.5) is 0 Å². The molecule has 0 spiro atoms. The van der Waals surface area contributed by atoms with E-state index in [1.165, 1.54) is 12.8 Å². The monoisotopic (exact) mass is 485 g/mol. The highest BCUT2D eigenvalue weighted by Crippen LogP contribution is 2.33. The van der Waals surface area contributed by atoms with Crippen molar-refractivity contribution in [2.24, 2.45) is 4.99 Å². The van der Waals surface area contributed by atoms with Crippen LogP contribution in [0.25, 0.3) is 0 Å². The fraction of sp³-hybridized carbons (Fsp3) is 0.600. The maximum absolute atomic E-state index is 11.9. The minimum Gasteiger partial charge on any atom is -0.352 e. The third-order valence-electron chi connectivity index (χ3n) is 5.15. The first kappa shape index (κ1) is 21.9. The van der Waals surface area contributed by atoms with Gasteiger partial charge in [0.1, 0.15) is 0 Å². The minimum atomic E-state index is 0. The van der Waals surface area contributed by atoms with Crippen LogP contribution in [-0.2, 0) is 11.3 Å². The number of rotatable bonds is 6. The first-order valence-corrected chi connectivity index (χ1v) is 9.57. The summed E-state index contributed by atoms with van der Waals surface area (Å²) in [5.41, 5.74) is 1.16. The number of nitrogens with zero attached hydrogens (tertiary/aromatic N) is 3. The molecule has 6 nitrogen and oxygen atoms in total. The summed E-state index contributed by atoms with van der Waals surface area (Å²) >= 11 is 0. The zero-order valence-electron chi connectivity index (χ0n) is 16.5. The van der Waals surface area contributed by atoms with Crippen LogP contribution in [0.1, 0.15) is 31.7 Å². The summed E-state index contributed by atoms with van der Waals surface area (Å²) in [6, 6.07) is 12.0. The molecule has 0 bridgehead atoms. The SMILES string of the molecule is CC1CC(NC(=NCc2ccccc2)NCC(=O)N(C)C)CN1C1CC1.I. The summed E-state index contributed by atoms with van der Waals surface area (Å²) in [5.74, 6) is 0.762. The molecule has 2 aliphatic rings.